The summed E-state index contributed by atoms with van der Waals surface area (Å²) in [5.41, 5.74) is 10.0. The molecule has 176 valence electrons. The first-order chi connectivity index (χ1) is 17.0. The Labute approximate surface area is 203 Å². The van der Waals surface area contributed by atoms with Gasteiger partial charge in [-0.2, -0.15) is 0 Å². The summed E-state index contributed by atoms with van der Waals surface area (Å²) in [6.07, 6.45) is 3.97. The van der Waals surface area contributed by atoms with Crippen LogP contribution < -0.4 is 21.5 Å². The van der Waals surface area contributed by atoms with Gasteiger partial charge in [0.15, 0.2) is 0 Å². The normalized spacial score (nSPS) is 13.5. The zero-order valence-electron chi connectivity index (χ0n) is 19.4. The molecule has 0 spiro atoms. The molecule has 0 bridgehead atoms. The van der Waals surface area contributed by atoms with Crippen LogP contribution in [-0.2, 0) is 20.0 Å². The summed E-state index contributed by atoms with van der Waals surface area (Å²) in [6.45, 7) is 0.747. The molecule has 4 aromatic rings. The Morgan fingerprint density at radius 1 is 1.00 bits per heavy atom. The van der Waals surface area contributed by atoms with E-state index in [0.717, 1.165) is 11.1 Å². The van der Waals surface area contributed by atoms with E-state index in [0.29, 0.717) is 42.3 Å². The summed E-state index contributed by atoms with van der Waals surface area (Å²) in [6, 6.07) is 20.8. The minimum absolute atomic E-state index is 0.173. The van der Waals surface area contributed by atoms with Crippen LogP contribution in [0.15, 0.2) is 83.9 Å². The van der Waals surface area contributed by atoms with E-state index in [9.17, 15) is 9.59 Å². The zero-order valence-corrected chi connectivity index (χ0v) is 19.4. The number of pyridine rings is 1. The van der Waals surface area contributed by atoms with Gasteiger partial charge >= 0.3 is 0 Å². The molecule has 3 heterocycles. The molecule has 1 atom stereocenters. The van der Waals surface area contributed by atoms with E-state index in [1.807, 2.05) is 48.5 Å². The lowest BCUT2D eigenvalue weighted by Crippen LogP contribution is -2.36. The van der Waals surface area contributed by atoms with Crippen molar-refractivity contribution in [2.75, 3.05) is 16.8 Å². The molecule has 2 aromatic heterocycles. The molecule has 2 aromatic carbocycles. The third kappa shape index (κ3) is 4.43. The number of benzene rings is 2. The molecule has 1 aliphatic heterocycles. The van der Waals surface area contributed by atoms with Crippen molar-refractivity contribution in [3.05, 3.63) is 106 Å². The molecule has 0 aliphatic carbocycles. The summed E-state index contributed by atoms with van der Waals surface area (Å²) < 4.78 is 1.44. The number of nitrogens with two attached hydrogens (primary N) is 1. The van der Waals surface area contributed by atoms with Gasteiger partial charge in [0.05, 0.1) is 6.54 Å². The predicted octanol–water partition coefficient (Wildman–Crippen LogP) is 2.98. The van der Waals surface area contributed by atoms with E-state index in [2.05, 4.69) is 10.3 Å². The second-order valence-electron chi connectivity index (χ2n) is 8.61. The lowest BCUT2D eigenvalue weighted by molar-refractivity contribution is 0.0996. The van der Waals surface area contributed by atoms with Gasteiger partial charge in [-0.3, -0.25) is 24.0 Å². The van der Waals surface area contributed by atoms with Crippen molar-refractivity contribution in [2.45, 2.75) is 19.0 Å². The summed E-state index contributed by atoms with van der Waals surface area (Å²) in [7, 11) is 1.65. The maximum Gasteiger partial charge on any atom is 0.279 e. The van der Waals surface area contributed by atoms with Crippen LogP contribution in [0.5, 0.6) is 0 Å². The van der Waals surface area contributed by atoms with Crippen molar-refractivity contribution >= 4 is 17.5 Å². The molecule has 1 aliphatic rings. The molecule has 8 heteroatoms. The maximum atomic E-state index is 13.6. The van der Waals surface area contributed by atoms with Crippen LogP contribution in [-0.4, -0.2) is 33.0 Å². The predicted molar refractivity (Wildman–Crippen MR) is 136 cm³/mol. The van der Waals surface area contributed by atoms with Gasteiger partial charge in [-0.15, -0.1) is 0 Å². The Hall–Kier alpha value is -4.30. The molecule has 1 amide bonds. The topological polar surface area (TPSA) is 106 Å². The van der Waals surface area contributed by atoms with Gasteiger partial charge in [0, 0.05) is 43.2 Å². The number of anilines is 2. The van der Waals surface area contributed by atoms with E-state index in [1.165, 1.54) is 9.47 Å². The van der Waals surface area contributed by atoms with Gasteiger partial charge in [0.1, 0.15) is 11.4 Å². The molecule has 8 nitrogen and oxygen atoms in total. The number of fused-ring (bicyclic) bond motifs is 1. The van der Waals surface area contributed by atoms with Gasteiger partial charge in [0.25, 0.3) is 11.5 Å². The largest absolute Gasteiger partial charge is 0.354 e. The molecule has 35 heavy (non-hydrogen) atoms. The molecular formula is C27H26N6O2. The zero-order chi connectivity index (χ0) is 24.4. The quantitative estimate of drug-likeness (QED) is 0.434. The third-order valence-corrected chi connectivity index (χ3v) is 6.18. The first-order valence-corrected chi connectivity index (χ1v) is 11.5. The SMILES string of the molecule is Cn1c(NC[C@H](N)Cc2ccccc2)nc(-c2ccncc2)c(N2Cc3ccccc3C2=O)c1=O. The van der Waals surface area contributed by atoms with E-state index in [1.54, 1.807) is 37.6 Å². The monoisotopic (exact) mass is 466 g/mol. The number of hydrogen-bond donors (Lipinski definition) is 2. The van der Waals surface area contributed by atoms with E-state index in [4.69, 9.17) is 10.7 Å². The van der Waals surface area contributed by atoms with Crippen molar-refractivity contribution in [2.24, 2.45) is 12.8 Å². The van der Waals surface area contributed by atoms with Crippen molar-refractivity contribution in [1.82, 2.24) is 14.5 Å². The number of amides is 1. The Morgan fingerprint density at radius 3 is 2.46 bits per heavy atom. The van der Waals surface area contributed by atoms with Crippen molar-refractivity contribution in [1.29, 1.82) is 0 Å². The van der Waals surface area contributed by atoms with Crippen molar-refractivity contribution in [3.8, 4) is 11.3 Å². The molecule has 0 unspecified atom stereocenters. The Bertz CT molecular complexity index is 1420. The Balaban J connectivity index is 1.50. The highest BCUT2D eigenvalue weighted by Crippen LogP contribution is 2.33. The number of aromatic nitrogens is 3. The van der Waals surface area contributed by atoms with E-state index in [-0.39, 0.29) is 23.2 Å². The summed E-state index contributed by atoms with van der Waals surface area (Å²) in [5, 5.41) is 3.24. The van der Waals surface area contributed by atoms with Crippen LogP contribution in [0, 0.1) is 0 Å². The second-order valence-corrected chi connectivity index (χ2v) is 8.61. The molecule has 3 N–H and O–H groups in total. The minimum atomic E-state index is -0.313. The first-order valence-electron chi connectivity index (χ1n) is 11.5. The van der Waals surface area contributed by atoms with Gasteiger partial charge in [-0.1, -0.05) is 48.5 Å². The standard InChI is InChI=1S/C27H26N6O2/c1-32-26(35)24(33-17-20-9-5-6-10-22(20)25(33)34)23(19-11-13-29-14-12-19)31-27(32)30-16-21(28)15-18-7-3-2-4-8-18/h2-14,21H,15-17,28H2,1H3,(H,30,31)/t21-/m1/s1. The van der Waals surface area contributed by atoms with Crippen LogP contribution in [0.2, 0.25) is 0 Å². The van der Waals surface area contributed by atoms with Gasteiger partial charge in [-0.25, -0.2) is 4.98 Å². The van der Waals surface area contributed by atoms with E-state index >= 15 is 0 Å². The highest BCUT2D eigenvalue weighted by molar-refractivity contribution is 6.11. The smallest absolute Gasteiger partial charge is 0.279 e. The summed E-state index contributed by atoms with van der Waals surface area (Å²) >= 11 is 0. The molecule has 5 rings (SSSR count). The van der Waals surface area contributed by atoms with Crippen LogP contribution in [0.3, 0.4) is 0 Å². The number of nitrogens with one attached hydrogen (secondary N) is 1. The molecule has 0 radical (unpaired) electrons. The summed E-state index contributed by atoms with van der Waals surface area (Å²) in [4.78, 5) is 37.3. The molecular weight excluding hydrogens is 440 g/mol. The molecule has 0 saturated heterocycles. The Kier molecular flexibility index (Phi) is 6.12. The average molecular weight is 467 g/mol. The number of carbonyl (C=O) groups excluding carboxylic acids is 1. The number of hydrogen-bond acceptors (Lipinski definition) is 6. The van der Waals surface area contributed by atoms with Crippen molar-refractivity contribution in [3.63, 3.8) is 0 Å². The lowest BCUT2D eigenvalue weighted by Gasteiger charge is -2.22. The lowest BCUT2D eigenvalue weighted by atomic mass is 10.1. The van der Waals surface area contributed by atoms with Crippen LogP contribution in [0.1, 0.15) is 21.5 Å². The minimum Gasteiger partial charge on any atom is -0.354 e. The number of nitrogens with zero attached hydrogens (tertiary/aromatic N) is 4. The van der Waals surface area contributed by atoms with Gasteiger partial charge in [0.2, 0.25) is 5.95 Å². The fourth-order valence-electron chi connectivity index (χ4n) is 4.35. The van der Waals surface area contributed by atoms with Crippen LogP contribution >= 0.6 is 0 Å². The molecule has 0 fully saturated rings. The maximum absolute atomic E-state index is 13.6. The molecule has 0 saturated carbocycles. The van der Waals surface area contributed by atoms with E-state index < -0.39 is 0 Å². The van der Waals surface area contributed by atoms with Gasteiger partial charge < -0.3 is 11.1 Å². The average Bonchev–Trinajstić information content (AvgIpc) is 3.22. The first kappa shape index (κ1) is 22.5. The fourth-order valence-corrected chi connectivity index (χ4v) is 4.35. The summed E-state index contributed by atoms with van der Waals surface area (Å²) in [5.74, 6) is 0.179. The van der Waals surface area contributed by atoms with Crippen LogP contribution in [0.4, 0.5) is 11.6 Å². The number of carbonyl (C=O) groups is 1. The highest BCUT2D eigenvalue weighted by atomic mass is 16.2. The van der Waals surface area contributed by atoms with Gasteiger partial charge in [-0.05, 0) is 35.7 Å². The van der Waals surface area contributed by atoms with Crippen LogP contribution in [0.25, 0.3) is 11.3 Å². The van der Waals surface area contributed by atoms with Crippen molar-refractivity contribution < 1.29 is 4.79 Å². The Morgan fingerprint density at radius 2 is 1.71 bits per heavy atom. The third-order valence-electron chi connectivity index (χ3n) is 6.18. The number of rotatable bonds is 7. The highest BCUT2D eigenvalue weighted by Gasteiger charge is 2.33. The second kappa shape index (κ2) is 9.52. The fraction of sp³-hybridized carbons (Fsp3) is 0.185.